The Labute approximate surface area is 161 Å². The van der Waals surface area contributed by atoms with E-state index in [-0.39, 0.29) is 23.9 Å². The summed E-state index contributed by atoms with van der Waals surface area (Å²) >= 11 is 0. The van der Waals surface area contributed by atoms with E-state index in [0.29, 0.717) is 28.9 Å². The molecular formula is C22H21N3O3. The number of nitrogens with one attached hydrogen (secondary N) is 1. The fourth-order valence-electron chi connectivity index (χ4n) is 3.31. The number of benzene rings is 2. The highest BCUT2D eigenvalue weighted by Gasteiger charge is 2.15. The number of furan rings is 1. The van der Waals surface area contributed by atoms with Crippen molar-refractivity contribution < 1.29 is 9.21 Å². The Bertz CT molecular complexity index is 1190. The van der Waals surface area contributed by atoms with Gasteiger partial charge in [-0.2, -0.15) is 0 Å². The van der Waals surface area contributed by atoms with Crippen molar-refractivity contribution in [2.75, 3.05) is 0 Å². The predicted octanol–water partition coefficient (Wildman–Crippen LogP) is 3.49. The second kappa shape index (κ2) is 7.31. The van der Waals surface area contributed by atoms with Crippen LogP contribution >= 0.6 is 0 Å². The number of carbonyl (C=O) groups excluding carboxylic acids is 1. The van der Waals surface area contributed by atoms with Crippen LogP contribution in [0.1, 0.15) is 31.0 Å². The van der Waals surface area contributed by atoms with Crippen LogP contribution in [0.4, 0.5) is 0 Å². The van der Waals surface area contributed by atoms with E-state index in [0.717, 1.165) is 11.0 Å². The minimum absolute atomic E-state index is 0.100. The molecule has 0 aliphatic heterocycles. The summed E-state index contributed by atoms with van der Waals surface area (Å²) in [5, 5.41) is 4.54. The molecule has 4 rings (SSSR count). The Morgan fingerprint density at radius 3 is 2.75 bits per heavy atom. The number of amides is 1. The summed E-state index contributed by atoms with van der Waals surface area (Å²) in [4.78, 5) is 29.4. The fourth-order valence-corrected chi connectivity index (χ4v) is 3.31. The number of fused-ring (bicyclic) bond motifs is 2. The summed E-state index contributed by atoms with van der Waals surface area (Å²) in [6.07, 6.45) is 0.623. The normalized spacial score (nSPS) is 12.4. The molecule has 0 bridgehead atoms. The van der Waals surface area contributed by atoms with Crippen molar-refractivity contribution in [3.8, 4) is 0 Å². The highest BCUT2D eigenvalue weighted by Crippen LogP contribution is 2.23. The summed E-state index contributed by atoms with van der Waals surface area (Å²) in [6, 6.07) is 16.7. The molecule has 4 aromatic rings. The largest absolute Gasteiger partial charge is 0.459 e. The Morgan fingerprint density at radius 1 is 1.18 bits per heavy atom. The lowest BCUT2D eigenvalue weighted by Crippen LogP contribution is -2.28. The summed E-state index contributed by atoms with van der Waals surface area (Å²) in [5.74, 6) is 1.19. The third-order valence-electron chi connectivity index (χ3n) is 4.90. The van der Waals surface area contributed by atoms with E-state index in [2.05, 4.69) is 10.3 Å². The SMILES string of the molecule is C[C@@H](NC(=O)CCc1nc2ccccc2c(=O)n1C)c1cc2ccccc2o1. The molecule has 0 spiro atoms. The second-order valence-corrected chi connectivity index (χ2v) is 6.89. The number of aryl methyl sites for hydroxylation is 1. The molecular weight excluding hydrogens is 354 g/mol. The smallest absolute Gasteiger partial charge is 0.261 e. The fraction of sp³-hybridized carbons (Fsp3) is 0.227. The molecule has 1 N–H and O–H groups in total. The van der Waals surface area contributed by atoms with Gasteiger partial charge < -0.3 is 9.73 Å². The minimum Gasteiger partial charge on any atom is -0.459 e. The predicted molar refractivity (Wildman–Crippen MR) is 108 cm³/mol. The minimum atomic E-state index is -0.242. The molecule has 0 aliphatic rings. The van der Waals surface area contributed by atoms with Gasteiger partial charge in [0.15, 0.2) is 0 Å². The molecule has 1 atom stereocenters. The van der Waals surface area contributed by atoms with Crippen molar-refractivity contribution in [2.24, 2.45) is 7.05 Å². The molecule has 2 aromatic carbocycles. The van der Waals surface area contributed by atoms with Gasteiger partial charge >= 0.3 is 0 Å². The highest BCUT2D eigenvalue weighted by atomic mass is 16.3. The second-order valence-electron chi connectivity index (χ2n) is 6.89. The van der Waals surface area contributed by atoms with Crippen LogP contribution in [0.3, 0.4) is 0 Å². The maximum atomic E-state index is 12.5. The Kier molecular flexibility index (Phi) is 4.69. The zero-order valence-electron chi connectivity index (χ0n) is 15.8. The first-order chi connectivity index (χ1) is 13.5. The standard InChI is InChI=1S/C22H21N3O3/c1-14(19-13-15-7-3-6-10-18(15)28-19)23-21(26)12-11-20-24-17-9-5-4-8-16(17)22(27)25(20)2/h3-10,13-14H,11-12H2,1-2H3,(H,23,26)/t14-/m1/s1. The lowest BCUT2D eigenvalue weighted by atomic mass is 10.2. The lowest BCUT2D eigenvalue weighted by Gasteiger charge is -2.12. The van der Waals surface area contributed by atoms with Crippen molar-refractivity contribution >= 4 is 27.8 Å². The van der Waals surface area contributed by atoms with E-state index in [9.17, 15) is 9.59 Å². The van der Waals surface area contributed by atoms with Gasteiger partial charge in [0, 0.05) is 25.3 Å². The van der Waals surface area contributed by atoms with Crippen LogP contribution in [0.25, 0.3) is 21.9 Å². The molecule has 1 amide bonds. The molecule has 28 heavy (non-hydrogen) atoms. The van der Waals surface area contributed by atoms with Crippen LogP contribution in [0.2, 0.25) is 0 Å². The number of hydrogen-bond donors (Lipinski definition) is 1. The molecule has 0 unspecified atom stereocenters. The van der Waals surface area contributed by atoms with Crippen LogP contribution in [-0.4, -0.2) is 15.5 Å². The lowest BCUT2D eigenvalue weighted by molar-refractivity contribution is -0.121. The average Bonchev–Trinajstić information content (AvgIpc) is 3.14. The van der Waals surface area contributed by atoms with Crippen LogP contribution in [0, 0.1) is 0 Å². The number of para-hydroxylation sites is 2. The van der Waals surface area contributed by atoms with E-state index in [4.69, 9.17) is 4.42 Å². The van der Waals surface area contributed by atoms with Crippen molar-refractivity contribution in [3.05, 3.63) is 76.5 Å². The van der Waals surface area contributed by atoms with Gasteiger partial charge in [0.2, 0.25) is 5.91 Å². The average molecular weight is 375 g/mol. The van der Waals surface area contributed by atoms with Gasteiger partial charge in [0.1, 0.15) is 17.2 Å². The first-order valence-electron chi connectivity index (χ1n) is 9.25. The molecule has 0 saturated heterocycles. The zero-order chi connectivity index (χ0) is 19.7. The number of carbonyl (C=O) groups is 1. The quantitative estimate of drug-likeness (QED) is 0.579. The Morgan fingerprint density at radius 2 is 1.93 bits per heavy atom. The summed E-state index contributed by atoms with van der Waals surface area (Å²) in [5.41, 5.74) is 1.35. The van der Waals surface area contributed by atoms with E-state index in [1.807, 2.05) is 55.5 Å². The van der Waals surface area contributed by atoms with Gasteiger partial charge in [0.25, 0.3) is 5.56 Å². The van der Waals surface area contributed by atoms with Gasteiger partial charge in [-0.15, -0.1) is 0 Å². The Hall–Kier alpha value is -3.41. The van der Waals surface area contributed by atoms with E-state index in [1.165, 1.54) is 4.57 Å². The molecule has 0 aliphatic carbocycles. The van der Waals surface area contributed by atoms with Crippen molar-refractivity contribution in [2.45, 2.75) is 25.8 Å². The maximum absolute atomic E-state index is 12.5. The van der Waals surface area contributed by atoms with Crippen LogP contribution in [0.5, 0.6) is 0 Å². The third-order valence-corrected chi connectivity index (χ3v) is 4.90. The van der Waals surface area contributed by atoms with Crippen molar-refractivity contribution in [1.82, 2.24) is 14.9 Å². The summed E-state index contributed by atoms with van der Waals surface area (Å²) in [6.45, 7) is 1.89. The van der Waals surface area contributed by atoms with E-state index >= 15 is 0 Å². The van der Waals surface area contributed by atoms with Crippen LogP contribution in [-0.2, 0) is 18.3 Å². The third kappa shape index (κ3) is 3.41. The maximum Gasteiger partial charge on any atom is 0.261 e. The van der Waals surface area contributed by atoms with Gasteiger partial charge in [-0.1, -0.05) is 30.3 Å². The van der Waals surface area contributed by atoms with Gasteiger partial charge in [-0.25, -0.2) is 4.98 Å². The molecule has 0 saturated carbocycles. The molecule has 6 heteroatoms. The number of hydrogen-bond acceptors (Lipinski definition) is 4. The molecule has 0 fully saturated rings. The monoisotopic (exact) mass is 375 g/mol. The molecule has 0 radical (unpaired) electrons. The number of nitrogens with zero attached hydrogens (tertiary/aromatic N) is 2. The highest BCUT2D eigenvalue weighted by molar-refractivity contribution is 5.80. The van der Waals surface area contributed by atoms with E-state index in [1.54, 1.807) is 13.1 Å². The van der Waals surface area contributed by atoms with Gasteiger partial charge in [0.05, 0.1) is 16.9 Å². The summed E-state index contributed by atoms with van der Waals surface area (Å²) in [7, 11) is 1.69. The van der Waals surface area contributed by atoms with Gasteiger partial charge in [-0.3, -0.25) is 14.2 Å². The molecule has 2 aromatic heterocycles. The topological polar surface area (TPSA) is 77.1 Å². The number of aromatic nitrogens is 2. The zero-order valence-corrected chi connectivity index (χ0v) is 15.8. The molecule has 142 valence electrons. The van der Waals surface area contributed by atoms with Crippen molar-refractivity contribution in [3.63, 3.8) is 0 Å². The van der Waals surface area contributed by atoms with Crippen LogP contribution in [0.15, 0.2) is 63.8 Å². The van der Waals surface area contributed by atoms with E-state index < -0.39 is 0 Å². The molecule has 2 heterocycles. The molecule has 6 nitrogen and oxygen atoms in total. The number of rotatable bonds is 5. The van der Waals surface area contributed by atoms with Gasteiger partial charge in [-0.05, 0) is 31.2 Å². The van der Waals surface area contributed by atoms with Crippen LogP contribution < -0.4 is 10.9 Å². The Balaban J connectivity index is 1.45. The first-order valence-corrected chi connectivity index (χ1v) is 9.25. The first kappa shape index (κ1) is 18.0. The summed E-state index contributed by atoms with van der Waals surface area (Å²) < 4.78 is 7.32. The van der Waals surface area contributed by atoms with Crippen molar-refractivity contribution in [1.29, 1.82) is 0 Å².